The minimum atomic E-state index is -4.48. The highest BCUT2D eigenvalue weighted by molar-refractivity contribution is 7.18. The average Bonchev–Trinajstić information content (AvgIpc) is 2.85. The van der Waals surface area contributed by atoms with Crippen LogP contribution in [0.3, 0.4) is 0 Å². The van der Waals surface area contributed by atoms with Gasteiger partial charge in [0.2, 0.25) is 5.91 Å². The molecule has 0 radical (unpaired) electrons. The van der Waals surface area contributed by atoms with E-state index in [4.69, 9.17) is 0 Å². The molecule has 3 rings (SSSR count). The molecule has 1 amide bonds. The monoisotopic (exact) mass is 359 g/mol. The highest BCUT2D eigenvalue weighted by atomic mass is 32.1. The zero-order valence-corrected chi connectivity index (χ0v) is 13.8. The fourth-order valence-corrected chi connectivity index (χ4v) is 4.23. The Morgan fingerprint density at radius 3 is 2.96 bits per heavy atom. The molecule has 2 aromatic heterocycles. The molecule has 0 aliphatic heterocycles. The predicted molar refractivity (Wildman–Crippen MR) is 84.1 cm³/mol. The van der Waals surface area contributed by atoms with Crippen LogP contribution in [0.15, 0.2) is 11.1 Å². The first-order valence-electron chi connectivity index (χ1n) is 7.57. The molecule has 0 fully saturated rings. The van der Waals surface area contributed by atoms with E-state index in [1.165, 1.54) is 17.7 Å². The van der Waals surface area contributed by atoms with Gasteiger partial charge in [0.1, 0.15) is 17.9 Å². The Bertz CT molecular complexity index is 841. The van der Waals surface area contributed by atoms with Crippen molar-refractivity contribution in [2.75, 3.05) is 6.54 Å². The third kappa shape index (κ3) is 3.45. The van der Waals surface area contributed by atoms with E-state index < -0.39 is 25.2 Å². The molecular formula is C15H16F3N3O2S. The Labute approximate surface area is 139 Å². The van der Waals surface area contributed by atoms with Gasteiger partial charge in [-0.2, -0.15) is 13.2 Å². The second-order valence-electron chi connectivity index (χ2n) is 6.10. The Hall–Kier alpha value is -1.90. The van der Waals surface area contributed by atoms with E-state index in [2.05, 4.69) is 11.9 Å². The molecule has 2 aromatic rings. The molecule has 24 heavy (non-hydrogen) atoms. The molecule has 5 nitrogen and oxygen atoms in total. The molecule has 0 bridgehead atoms. The third-order valence-corrected chi connectivity index (χ3v) is 5.24. The first-order valence-corrected chi connectivity index (χ1v) is 8.39. The molecule has 1 aliphatic carbocycles. The summed E-state index contributed by atoms with van der Waals surface area (Å²) < 4.78 is 37.4. The SMILES string of the molecule is CC1CCc2c(sc3ncn(CC(=O)NCC(F)(F)F)c(=O)c23)C1. The van der Waals surface area contributed by atoms with Gasteiger partial charge in [-0.3, -0.25) is 14.2 Å². The minimum Gasteiger partial charge on any atom is -0.345 e. The number of alkyl halides is 3. The summed E-state index contributed by atoms with van der Waals surface area (Å²) >= 11 is 1.49. The van der Waals surface area contributed by atoms with Gasteiger partial charge in [0, 0.05) is 4.88 Å². The third-order valence-electron chi connectivity index (χ3n) is 4.08. The van der Waals surface area contributed by atoms with E-state index in [-0.39, 0.29) is 5.56 Å². The van der Waals surface area contributed by atoms with E-state index in [0.29, 0.717) is 16.1 Å². The molecule has 1 aliphatic rings. The van der Waals surface area contributed by atoms with Crippen LogP contribution in [0.1, 0.15) is 23.8 Å². The highest BCUT2D eigenvalue weighted by Gasteiger charge is 2.28. The summed E-state index contributed by atoms with van der Waals surface area (Å²) in [6.45, 7) is 0.269. The van der Waals surface area contributed by atoms with Gasteiger partial charge >= 0.3 is 6.18 Å². The number of nitrogens with zero attached hydrogens (tertiary/aromatic N) is 2. The largest absolute Gasteiger partial charge is 0.405 e. The Morgan fingerprint density at radius 2 is 2.25 bits per heavy atom. The van der Waals surface area contributed by atoms with Gasteiger partial charge in [-0.1, -0.05) is 6.92 Å². The van der Waals surface area contributed by atoms with Crippen molar-refractivity contribution in [3.05, 3.63) is 27.1 Å². The zero-order chi connectivity index (χ0) is 17.5. The topological polar surface area (TPSA) is 64.0 Å². The van der Waals surface area contributed by atoms with Crippen molar-refractivity contribution >= 4 is 27.5 Å². The van der Waals surface area contributed by atoms with Crippen molar-refractivity contribution < 1.29 is 18.0 Å². The molecule has 1 N–H and O–H groups in total. The van der Waals surface area contributed by atoms with Crippen LogP contribution < -0.4 is 10.9 Å². The number of halogens is 3. The van der Waals surface area contributed by atoms with E-state index in [9.17, 15) is 22.8 Å². The number of hydrogen-bond acceptors (Lipinski definition) is 4. The van der Waals surface area contributed by atoms with Crippen molar-refractivity contribution in [1.82, 2.24) is 14.9 Å². The maximum atomic E-state index is 12.6. The van der Waals surface area contributed by atoms with E-state index >= 15 is 0 Å². The summed E-state index contributed by atoms with van der Waals surface area (Å²) in [5.74, 6) is -0.311. The first-order chi connectivity index (χ1) is 11.2. The van der Waals surface area contributed by atoms with Crippen molar-refractivity contribution in [2.45, 2.75) is 38.9 Å². The van der Waals surface area contributed by atoms with Gasteiger partial charge in [-0.25, -0.2) is 4.98 Å². The van der Waals surface area contributed by atoms with Gasteiger partial charge in [-0.05, 0) is 30.7 Å². The molecule has 9 heteroatoms. The summed E-state index contributed by atoms with van der Waals surface area (Å²) in [6.07, 6.45) is -0.575. The van der Waals surface area contributed by atoms with E-state index in [1.54, 1.807) is 5.32 Å². The molecule has 0 aromatic carbocycles. The number of amides is 1. The van der Waals surface area contributed by atoms with Crippen molar-refractivity contribution in [2.24, 2.45) is 5.92 Å². The number of fused-ring (bicyclic) bond motifs is 3. The predicted octanol–water partition coefficient (Wildman–Crippen LogP) is 2.26. The number of rotatable bonds is 3. The van der Waals surface area contributed by atoms with Crippen LogP contribution in [0.5, 0.6) is 0 Å². The van der Waals surface area contributed by atoms with Crippen LogP contribution >= 0.6 is 11.3 Å². The normalized spacial score (nSPS) is 17.8. The molecule has 0 spiro atoms. The maximum absolute atomic E-state index is 12.6. The molecule has 1 unspecified atom stereocenters. The maximum Gasteiger partial charge on any atom is 0.405 e. The van der Waals surface area contributed by atoms with Crippen LogP contribution in [-0.4, -0.2) is 28.2 Å². The smallest absolute Gasteiger partial charge is 0.345 e. The van der Waals surface area contributed by atoms with Gasteiger partial charge in [0.15, 0.2) is 0 Å². The van der Waals surface area contributed by atoms with Gasteiger partial charge in [-0.15, -0.1) is 11.3 Å². The average molecular weight is 359 g/mol. The number of thiophene rings is 1. The fraction of sp³-hybridized carbons (Fsp3) is 0.533. The lowest BCUT2D eigenvalue weighted by Crippen LogP contribution is -2.37. The van der Waals surface area contributed by atoms with E-state index in [1.807, 2.05) is 0 Å². The van der Waals surface area contributed by atoms with E-state index in [0.717, 1.165) is 34.3 Å². The first kappa shape index (κ1) is 16.9. The number of nitrogens with one attached hydrogen (secondary N) is 1. The second-order valence-corrected chi connectivity index (χ2v) is 7.19. The number of carbonyl (C=O) groups is 1. The van der Waals surface area contributed by atoms with Gasteiger partial charge < -0.3 is 5.32 Å². The van der Waals surface area contributed by atoms with Crippen LogP contribution in [0, 0.1) is 5.92 Å². The molecule has 130 valence electrons. The summed E-state index contributed by atoms with van der Waals surface area (Å²) in [4.78, 5) is 30.2. The fourth-order valence-electron chi connectivity index (χ4n) is 2.89. The number of hydrogen-bond donors (Lipinski definition) is 1. The van der Waals surface area contributed by atoms with Crippen LogP contribution in [0.2, 0.25) is 0 Å². The highest BCUT2D eigenvalue weighted by Crippen LogP contribution is 2.35. The standard InChI is InChI=1S/C15H16F3N3O2S/c1-8-2-3-9-10(4-8)24-13-12(9)14(23)21(7-20-13)5-11(22)19-6-15(16,17)18/h7-8H,2-6H2,1H3,(H,19,22). The summed E-state index contributed by atoms with van der Waals surface area (Å²) in [6, 6.07) is 0. The Balaban J connectivity index is 1.87. The van der Waals surface area contributed by atoms with Crippen molar-refractivity contribution in [3.63, 3.8) is 0 Å². The summed E-state index contributed by atoms with van der Waals surface area (Å²) in [5.41, 5.74) is 0.616. The molecule has 0 saturated carbocycles. The second kappa shape index (κ2) is 6.19. The zero-order valence-electron chi connectivity index (χ0n) is 12.9. The lowest BCUT2D eigenvalue weighted by molar-refractivity contribution is -0.138. The Morgan fingerprint density at radius 1 is 1.50 bits per heavy atom. The van der Waals surface area contributed by atoms with Gasteiger partial charge in [0.05, 0.1) is 11.7 Å². The minimum absolute atomic E-state index is 0.366. The van der Waals surface area contributed by atoms with Crippen LogP contribution in [0.25, 0.3) is 10.2 Å². The lowest BCUT2D eigenvalue weighted by atomic mass is 9.89. The molecular weight excluding hydrogens is 343 g/mol. The molecule has 2 heterocycles. The lowest BCUT2D eigenvalue weighted by Gasteiger charge is -2.17. The Kier molecular flexibility index (Phi) is 4.37. The number of carbonyl (C=O) groups excluding carboxylic acids is 1. The van der Waals surface area contributed by atoms with Crippen molar-refractivity contribution in [3.8, 4) is 0 Å². The van der Waals surface area contributed by atoms with Crippen LogP contribution in [0.4, 0.5) is 13.2 Å². The molecule has 1 atom stereocenters. The number of aromatic nitrogens is 2. The van der Waals surface area contributed by atoms with Crippen molar-refractivity contribution in [1.29, 1.82) is 0 Å². The molecule has 0 saturated heterocycles. The number of aryl methyl sites for hydroxylation is 1. The quantitative estimate of drug-likeness (QED) is 0.914. The summed E-state index contributed by atoms with van der Waals surface area (Å²) in [5, 5.41) is 2.27. The summed E-state index contributed by atoms with van der Waals surface area (Å²) in [7, 11) is 0. The van der Waals surface area contributed by atoms with Crippen LogP contribution in [-0.2, 0) is 24.2 Å². The van der Waals surface area contributed by atoms with Gasteiger partial charge in [0.25, 0.3) is 5.56 Å².